The molecule has 0 aliphatic heterocycles. The number of aliphatic hydroxyl groups is 2. The molecule has 0 bridgehead atoms. The molecule has 0 fully saturated rings. The van der Waals surface area contributed by atoms with Crippen molar-refractivity contribution in [2.75, 3.05) is 6.61 Å². The number of primary amides is 2. The number of nitrogens with two attached hydrogens (primary N) is 3. The SMILES string of the molecule is CC(O)C(NC(=O)C(CO)NC(=O)C(CC(N)=O)NC(=O)C(N)CCC(N)=O)C(=O)O. The Morgan fingerprint density at radius 2 is 1.39 bits per heavy atom. The molecule has 0 spiro atoms. The molecule has 0 aliphatic carbocycles. The number of aliphatic hydroxyl groups excluding tert-OH is 2. The fraction of sp³-hybridized carbons (Fsp3) is 0.625. The van der Waals surface area contributed by atoms with E-state index in [1.165, 1.54) is 0 Å². The molecule has 0 aromatic carbocycles. The Bertz CT molecular complexity index is 699. The third-order valence-electron chi connectivity index (χ3n) is 3.94. The van der Waals surface area contributed by atoms with Gasteiger partial charge in [-0.05, 0) is 13.3 Å². The minimum atomic E-state index is -1.72. The number of carbonyl (C=O) groups is 6. The van der Waals surface area contributed by atoms with E-state index in [4.69, 9.17) is 22.3 Å². The normalized spacial score (nSPS) is 15.5. The van der Waals surface area contributed by atoms with Crippen LogP contribution in [0.25, 0.3) is 0 Å². The standard InChI is InChI=1S/C16H28N6O9/c1-6(24)12(16(30)31)22-15(29)9(5-23)21-14(28)8(4-11(19)26)20-13(27)7(17)2-3-10(18)25/h6-9,12,23-24H,2-5,17H2,1H3,(H2,18,25)(H2,19,26)(H,20,27)(H,21,28)(H,22,29)(H,30,31). The van der Waals surface area contributed by atoms with E-state index < -0.39 is 78.8 Å². The predicted octanol–water partition coefficient (Wildman–Crippen LogP) is -5.63. The Balaban J connectivity index is 5.24. The van der Waals surface area contributed by atoms with Crippen molar-refractivity contribution in [2.45, 2.75) is 56.5 Å². The Morgan fingerprint density at radius 3 is 1.81 bits per heavy atom. The van der Waals surface area contributed by atoms with E-state index >= 15 is 0 Å². The third-order valence-corrected chi connectivity index (χ3v) is 3.94. The summed E-state index contributed by atoms with van der Waals surface area (Å²) in [5.41, 5.74) is 15.6. The van der Waals surface area contributed by atoms with Gasteiger partial charge < -0.3 is 48.5 Å². The number of hydrogen-bond acceptors (Lipinski definition) is 9. The number of nitrogens with one attached hydrogen (secondary N) is 3. The molecule has 0 rings (SSSR count). The number of carboxylic acid groups (broad SMARTS) is 1. The summed E-state index contributed by atoms with van der Waals surface area (Å²) in [6.45, 7) is 0.130. The van der Waals surface area contributed by atoms with Crippen LogP contribution in [0, 0.1) is 0 Å². The van der Waals surface area contributed by atoms with E-state index in [-0.39, 0.29) is 12.8 Å². The van der Waals surface area contributed by atoms with Gasteiger partial charge in [-0.25, -0.2) is 4.79 Å². The molecule has 0 heterocycles. The Labute approximate surface area is 176 Å². The monoisotopic (exact) mass is 448 g/mol. The molecular weight excluding hydrogens is 420 g/mol. The topological polar surface area (TPSA) is 277 Å². The molecule has 12 N–H and O–H groups in total. The van der Waals surface area contributed by atoms with Crippen molar-refractivity contribution in [1.82, 2.24) is 16.0 Å². The van der Waals surface area contributed by atoms with Crippen LogP contribution >= 0.6 is 0 Å². The average molecular weight is 448 g/mol. The van der Waals surface area contributed by atoms with Crippen molar-refractivity contribution in [3.8, 4) is 0 Å². The quantitative estimate of drug-likeness (QED) is 0.121. The van der Waals surface area contributed by atoms with E-state index in [0.29, 0.717) is 0 Å². The maximum Gasteiger partial charge on any atom is 0.328 e. The van der Waals surface area contributed by atoms with Crippen LogP contribution in [0.15, 0.2) is 0 Å². The molecule has 5 atom stereocenters. The van der Waals surface area contributed by atoms with Crippen LogP contribution in [0.1, 0.15) is 26.2 Å². The van der Waals surface area contributed by atoms with Gasteiger partial charge in [-0.2, -0.15) is 0 Å². The number of carbonyl (C=O) groups excluding carboxylic acids is 5. The second-order valence-electron chi connectivity index (χ2n) is 6.65. The first kappa shape index (κ1) is 27.7. The van der Waals surface area contributed by atoms with E-state index in [0.717, 1.165) is 6.92 Å². The molecule has 0 aliphatic rings. The van der Waals surface area contributed by atoms with E-state index in [1.807, 2.05) is 10.6 Å². The lowest BCUT2D eigenvalue weighted by Gasteiger charge is -2.24. The molecule has 0 aromatic rings. The summed E-state index contributed by atoms with van der Waals surface area (Å²) < 4.78 is 0. The van der Waals surface area contributed by atoms with Crippen molar-refractivity contribution in [2.24, 2.45) is 17.2 Å². The zero-order chi connectivity index (χ0) is 24.3. The lowest BCUT2D eigenvalue weighted by Crippen LogP contribution is -2.59. The van der Waals surface area contributed by atoms with Crippen LogP contribution in [0.3, 0.4) is 0 Å². The Kier molecular flexibility index (Phi) is 11.7. The molecule has 0 saturated carbocycles. The number of carboxylic acids is 1. The largest absolute Gasteiger partial charge is 0.480 e. The lowest BCUT2D eigenvalue weighted by molar-refractivity contribution is -0.145. The van der Waals surface area contributed by atoms with Crippen molar-refractivity contribution < 1.29 is 44.1 Å². The van der Waals surface area contributed by atoms with Gasteiger partial charge in [0.15, 0.2) is 6.04 Å². The minimum Gasteiger partial charge on any atom is -0.480 e. The summed E-state index contributed by atoms with van der Waals surface area (Å²) in [6.07, 6.45) is -2.52. The molecule has 0 saturated heterocycles. The summed E-state index contributed by atoms with van der Waals surface area (Å²) in [4.78, 5) is 69.7. The van der Waals surface area contributed by atoms with E-state index in [2.05, 4.69) is 5.32 Å². The molecule has 176 valence electrons. The maximum atomic E-state index is 12.4. The van der Waals surface area contributed by atoms with Crippen molar-refractivity contribution in [3.63, 3.8) is 0 Å². The number of hydrogen-bond donors (Lipinski definition) is 9. The van der Waals surface area contributed by atoms with Crippen molar-refractivity contribution in [3.05, 3.63) is 0 Å². The third kappa shape index (κ3) is 10.3. The molecule has 0 radical (unpaired) electrons. The molecule has 0 aromatic heterocycles. The summed E-state index contributed by atoms with van der Waals surface area (Å²) in [5.74, 6) is -6.42. The van der Waals surface area contributed by atoms with Crippen LogP contribution in [0.2, 0.25) is 0 Å². The number of aliphatic carboxylic acids is 1. The van der Waals surface area contributed by atoms with Gasteiger partial charge in [0.05, 0.1) is 25.2 Å². The average Bonchev–Trinajstić information content (AvgIpc) is 2.66. The molecule has 15 nitrogen and oxygen atoms in total. The molecule has 31 heavy (non-hydrogen) atoms. The van der Waals surface area contributed by atoms with E-state index in [9.17, 15) is 39.0 Å². The van der Waals surface area contributed by atoms with Gasteiger partial charge in [0.2, 0.25) is 29.5 Å². The van der Waals surface area contributed by atoms with Crippen LogP contribution < -0.4 is 33.2 Å². The van der Waals surface area contributed by atoms with Crippen LogP contribution in [0.4, 0.5) is 0 Å². The summed E-state index contributed by atoms with van der Waals surface area (Å²) in [6, 6.07) is -6.22. The summed E-state index contributed by atoms with van der Waals surface area (Å²) in [5, 5.41) is 33.9. The fourth-order valence-electron chi connectivity index (χ4n) is 2.23. The first-order chi connectivity index (χ1) is 14.3. The number of rotatable bonds is 14. The van der Waals surface area contributed by atoms with Crippen molar-refractivity contribution >= 4 is 35.5 Å². The highest BCUT2D eigenvalue weighted by Gasteiger charge is 2.32. The van der Waals surface area contributed by atoms with E-state index in [1.54, 1.807) is 0 Å². The second-order valence-corrected chi connectivity index (χ2v) is 6.65. The summed E-state index contributed by atoms with van der Waals surface area (Å²) in [7, 11) is 0. The molecule has 5 unspecified atom stereocenters. The predicted molar refractivity (Wildman–Crippen MR) is 102 cm³/mol. The first-order valence-electron chi connectivity index (χ1n) is 9.05. The van der Waals surface area contributed by atoms with Gasteiger partial charge in [-0.15, -0.1) is 0 Å². The van der Waals surface area contributed by atoms with Gasteiger partial charge in [-0.1, -0.05) is 0 Å². The van der Waals surface area contributed by atoms with Crippen LogP contribution in [-0.4, -0.2) is 87.7 Å². The van der Waals surface area contributed by atoms with Gasteiger partial charge in [0, 0.05) is 6.42 Å². The zero-order valence-corrected chi connectivity index (χ0v) is 16.7. The Morgan fingerprint density at radius 1 is 0.871 bits per heavy atom. The number of amides is 5. The highest BCUT2D eigenvalue weighted by Crippen LogP contribution is 2.00. The Hall–Kier alpha value is -3.30. The first-order valence-corrected chi connectivity index (χ1v) is 9.05. The van der Waals surface area contributed by atoms with Gasteiger partial charge in [0.1, 0.15) is 12.1 Å². The minimum absolute atomic E-state index is 0.135. The maximum absolute atomic E-state index is 12.4. The molecular formula is C16H28N6O9. The van der Waals surface area contributed by atoms with Gasteiger partial charge >= 0.3 is 5.97 Å². The summed E-state index contributed by atoms with van der Waals surface area (Å²) >= 11 is 0. The van der Waals surface area contributed by atoms with Crippen LogP contribution in [-0.2, 0) is 28.8 Å². The zero-order valence-electron chi connectivity index (χ0n) is 16.7. The van der Waals surface area contributed by atoms with Crippen LogP contribution in [0.5, 0.6) is 0 Å². The highest BCUT2D eigenvalue weighted by molar-refractivity contribution is 5.96. The smallest absolute Gasteiger partial charge is 0.328 e. The highest BCUT2D eigenvalue weighted by atomic mass is 16.4. The molecule has 15 heteroatoms. The fourth-order valence-corrected chi connectivity index (χ4v) is 2.23. The van der Waals surface area contributed by atoms with Gasteiger partial charge in [0.25, 0.3) is 0 Å². The lowest BCUT2D eigenvalue weighted by atomic mass is 10.1. The van der Waals surface area contributed by atoms with Crippen molar-refractivity contribution in [1.29, 1.82) is 0 Å². The van der Waals surface area contributed by atoms with Gasteiger partial charge in [-0.3, -0.25) is 24.0 Å². The second kappa shape index (κ2) is 13.1. The molecule has 5 amide bonds.